The largest absolute Gasteiger partial charge is 0.481 e. The molecule has 0 unspecified atom stereocenters. The van der Waals surface area contributed by atoms with E-state index in [0.29, 0.717) is 11.6 Å². The number of nitrogens with zero attached hydrogens (tertiary/aromatic N) is 3. The topological polar surface area (TPSA) is 59.5 Å². The molecular weight excluding hydrogens is 334 g/mol. The summed E-state index contributed by atoms with van der Waals surface area (Å²) < 4.78 is 4.55. The number of fused-ring (bicyclic) bond motifs is 3. The Balaban J connectivity index is 2.33. The summed E-state index contributed by atoms with van der Waals surface area (Å²) in [5.41, 5.74) is 3.85. The highest BCUT2D eigenvalue weighted by Crippen LogP contribution is 2.29. The van der Waals surface area contributed by atoms with Crippen LogP contribution in [0.2, 0.25) is 0 Å². The third-order valence-electron chi connectivity index (χ3n) is 3.79. The molecule has 0 aliphatic carbocycles. The van der Waals surface area contributed by atoms with E-state index in [4.69, 9.17) is 5.11 Å². The molecule has 110 valence electrons. The Morgan fingerprint density at radius 2 is 2.14 bits per heavy atom. The molecule has 0 bridgehead atoms. The second-order valence-corrected chi connectivity index (χ2v) is 6.27. The van der Waals surface area contributed by atoms with E-state index in [1.807, 2.05) is 22.1 Å². The van der Waals surface area contributed by atoms with Gasteiger partial charge < -0.3 is 9.67 Å². The van der Waals surface area contributed by atoms with Crippen molar-refractivity contribution in [2.75, 3.05) is 0 Å². The van der Waals surface area contributed by atoms with Crippen LogP contribution in [0.5, 0.6) is 0 Å². The Hall–Kier alpha value is -1.82. The number of carbonyl (C=O) groups is 1. The van der Waals surface area contributed by atoms with Gasteiger partial charge in [-0.05, 0) is 39.5 Å². The van der Waals surface area contributed by atoms with Gasteiger partial charge >= 0.3 is 5.97 Å². The van der Waals surface area contributed by atoms with Crippen LogP contribution in [-0.2, 0) is 18.3 Å². The summed E-state index contributed by atoms with van der Waals surface area (Å²) in [6, 6.07) is 6.22. The number of carboxylic acids is 1. The molecule has 2 aromatic heterocycles. The molecule has 3 rings (SSSR count). The van der Waals surface area contributed by atoms with Gasteiger partial charge in [-0.1, -0.05) is 19.9 Å². The van der Waals surface area contributed by atoms with Crippen molar-refractivity contribution >= 4 is 38.7 Å². The lowest BCUT2D eigenvalue weighted by Gasteiger charge is -2.05. The van der Waals surface area contributed by atoms with Gasteiger partial charge in [0, 0.05) is 7.05 Å². The first-order valence-electron chi connectivity index (χ1n) is 6.77. The zero-order chi connectivity index (χ0) is 15.3. The zero-order valence-electron chi connectivity index (χ0n) is 12.1. The number of hydrogen-bond donors (Lipinski definition) is 1. The van der Waals surface area contributed by atoms with E-state index in [1.165, 1.54) is 5.56 Å². The molecule has 21 heavy (non-hydrogen) atoms. The van der Waals surface area contributed by atoms with Gasteiger partial charge in [-0.25, -0.2) is 4.98 Å². The third kappa shape index (κ3) is 2.14. The maximum Gasteiger partial charge on any atom is 0.309 e. The minimum absolute atomic E-state index is 0.0359. The van der Waals surface area contributed by atoms with Crippen molar-refractivity contribution in [3.8, 4) is 0 Å². The van der Waals surface area contributed by atoms with Gasteiger partial charge in [-0.2, -0.15) is 0 Å². The number of aryl methyl sites for hydroxylation is 1. The Morgan fingerprint density at radius 3 is 2.76 bits per heavy atom. The molecule has 1 N–H and O–H groups in total. The van der Waals surface area contributed by atoms with Crippen molar-refractivity contribution in [2.24, 2.45) is 7.05 Å². The molecule has 5 nitrogen and oxygen atoms in total. The van der Waals surface area contributed by atoms with Gasteiger partial charge in [0.05, 0.1) is 23.1 Å². The summed E-state index contributed by atoms with van der Waals surface area (Å²) in [5.74, 6) is 0.321. The van der Waals surface area contributed by atoms with Crippen LogP contribution < -0.4 is 0 Å². The molecule has 6 heteroatoms. The highest BCUT2D eigenvalue weighted by Gasteiger charge is 2.19. The van der Waals surface area contributed by atoms with Crippen LogP contribution in [-0.4, -0.2) is 25.0 Å². The standard InChI is InChI=1S/C15H16BrN3O2/c1-8(2)9-4-5-10-11(6-9)19-14(16)12(7-13(20)21)18(3)15(19)17-10/h4-6,8H,7H2,1-3H3,(H,20,21). The van der Waals surface area contributed by atoms with E-state index in [9.17, 15) is 4.79 Å². The molecule has 0 saturated heterocycles. The minimum atomic E-state index is -0.855. The number of benzene rings is 1. The molecule has 3 aromatic rings. The van der Waals surface area contributed by atoms with E-state index in [1.54, 1.807) is 0 Å². The predicted octanol–water partition coefficient (Wildman–Crippen LogP) is 3.34. The van der Waals surface area contributed by atoms with Crippen LogP contribution in [0, 0.1) is 0 Å². The smallest absolute Gasteiger partial charge is 0.309 e. The maximum atomic E-state index is 11.0. The summed E-state index contributed by atoms with van der Waals surface area (Å²) in [4.78, 5) is 15.6. The molecule has 0 fully saturated rings. The van der Waals surface area contributed by atoms with Gasteiger partial charge in [0.2, 0.25) is 5.78 Å². The van der Waals surface area contributed by atoms with E-state index < -0.39 is 5.97 Å². The first-order valence-corrected chi connectivity index (χ1v) is 7.56. The van der Waals surface area contributed by atoms with Crippen LogP contribution in [0.1, 0.15) is 31.0 Å². The Labute approximate surface area is 130 Å². The fourth-order valence-corrected chi connectivity index (χ4v) is 3.34. The van der Waals surface area contributed by atoms with Crippen LogP contribution in [0.3, 0.4) is 0 Å². The molecule has 0 spiro atoms. The molecule has 0 amide bonds. The number of rotatable bonds is 3. The number of aromatic nitrogens is 3. The van der Waals surface area contributed by atoms with E-state index in [2.05, 4.69) is 46.9 Å². The highest BCUT2D eigenvalue weighted by atomic mass is 79.9. The molecule has 0 radical (unpaired) electrons. The highest BCUT2D eigenvalue weighted by molar-refractivity contribution is 9.10. The van der Waals surface area contributed by atoms with Crippen molar-refractivity contribution in [3.63, 3.8) is 0 Å². The number of halogens is 1. The lowest BCUT2D eigenvalue weighted by Crippen LogP contribution is -2.05. The zero-order valence-corrected chi connectivity index (χ0v) is 13.7. The van der Waals surface area contributed by atoms with Crippen molar-refractivity contribution in [1.29, 1.82) is 0 Å². The van der Waals surface area contributed by atoms with Crippen LogP contribution >= 0.6 is 15.9 Å². The van der Waals surface area contributed by atoms with E-state index >= 15 is 0 Å². The maximum absolute atomic E-state index is 11.0. The number of imidazole rings is 2. The minimum Gasteiger partial charge on any atom is -0.481 e. The number of aliphatic carboxylic acids is 1. The summed E-state index contributed by atoms with van der Waals surface area (Å²) in [6.45, 7) is 4.30. The lowest BCUT2D eigenvalue weighted by molar-refractivity contribution is -0.136. The van der Waals surface area contributed by atoms with Crippen LogP contribution in [0.15, 0.2) is 22.8 Å². The van der Waals surface area contributed by atoms with E-state index in [-0.39, 0.29) is 6.42 Å². The lowest BCUT2D eigenvalue weighted by atomic mass is 10.0. The molecule has 1 aromatic carbocycles. The van der Waals surface area contributed by atoms with Gasteiger partial charge in [-0.15, -0.1) is 0 Å². The summed E-state index contributed by atoms with van der Waals surface area (Å²) in [6.07, 6.45) is -0.0359. The first-order chi connectivity index (χ1) is 9.90. The second-order valence-electron chi connectivity index (χ2n) is 5.52. The van der Waals surface area contributed by atoms with E-state index in [0.717, 1.165) is 21.4 Å². The SMILES string of the molecule is CC(C)c1ccc2nc3n(C)c(CC(=O)O)c(Br)n3c2c1. The van der Waals surface area contributed by atoms with Crippen molar-refractivity contribution in [2.45, 2.75) is 26.2 Å². The normalized spacial score (nSPS) is 11.9. The quantitative estimate of drug-likeness (QED) is 0.788. The summed E-state index contributed by atoms with van der Waals surface area (Å²) in [7, 11) is 1.84. The molecule has 0 aliphatic heterocycles. The Morgan fingerprint density at radius 1 is 1.43 bits per heavy atom. The molecular formula is C15H16BrN3O2. The monoisotopic (exact) mass is 349 g/mol. The van der Waals surface area contributed by atoms with Gasteiger partial charge in [0.25, 0.3) is 0 Å². The fraction of sp³-hybridized carbons (Fsp3) is 0.333. The van der Waals surface area contributed by atoms with Crippen molar-refractivity contribution < 1.29 is 9.90 Å². The van der Waals surface area contributed by atoms with Gasteiger partial charge in [0.15, 0.2) is 0 Å². The average molecular weight is 350 g/mol. The number of carboxylic acid groups (broad SMARTS) is 1. The van der Waals surface area contributed by atoms with Crippen molar-refractivity contribution in [1.82, 2.24) is 14.0 Å². The third-order valence-corrected chi connectivity index (χ3v) is 4.60. The predicted molar refractivity (Wildman–Crippen MR) is 84.8 cm³/mol. The summed E-state index contributed by atoms with van der Waals surface area (Å²) >= 11 is 3.53. The van der Waals surface area contributed by atoms with Crippen molar-refractivity contribution in [3.05, 3.63) is 34.1 Å². The molecule has 0 saturated carbocycles. The summed E-state index contributed by atoms with van der Waals surface area (Å²) in [5, 5.41) is 9.04. The van der Waals surface area contributed by atoms with Crippen LogP contribution in [0.4, 0.5) is 0 Å². The fourth-order valence-electron chi connectivity index (χ4n) is 2.58. The van der Waals surface area contributed by atoms with Gasteiger partial charge in [-0.3, -0.25) is 9.20 Å². The molecule has 0 atom stereocenters. The Kier molecular flexibility index (Phi) is 3.28. The number of hydrogen-bond acceptors (Lipinski definition) is 2. The Bertz CT molecular complexity index is 861. The average Bonchev–Trinajstić information content (AvgIpc) is 2.90. The molecule has 0 aliphatic rings. The van der Waals surface area contributed by atoms with Gasteiger partial charge in [0.1, 0.15) is 4.60 Å². The second kappa shape index (κ2) is 4.87. The molecule has 2 heterocycles. The van der Waals surface area contributed by atoms with Crippen LogP contribution in [0.25, 0.3) is 16.8 Å². The first kappa shape index (κ1) is 14.1.